The summed E-state index contributed by atoms with van der Waals surface area (Å²) in [6.07, 6.45) is 0. The Morgan fingerprint density at radius 1 is 1.16 bits per heavy atom. The van der Waals surface area contributed by atoms with Gasteiger partial charge in [-0.2, -0.15) is 5.26 Å². The molecule has 96 valence electrons. The van der Waals surface area contributed by atoms with Gasteiger partial charge >= 0.3 is 0 Å². The second-order valence-corrected chi connectivity index (χ2v) is 5.01. The molecule has 0 saturated heterocycles. The lowest BCUT2D eigenvalue weighted by Crippen LogP contribution is -2.09. The minimum atomic E-state index is 0.0153. The zero-order valence-corrected chi connectivity index (χ0v) is 12.1. The molecule has 0 unspecified atom stereocenters. The standard InChI is InChI=1S/C15H13BrN2O/c1-18(13-5-2-11(9-17)3-6-13)14-7-4-12(10-19)15(16)8-14/h2-8,19H,10H2,1H3. The van der Waals surface area contributed by atoms with Gasteiger partial charge < -0.3 is 10.0 Å². The Morgan fingerprint density at radius 2 is 1.79 bits per heavy atom. The summed E-state index contributed by atoms with van der Waals surface area (Å²) in [5.74, 6) is 0. The number of nitriles is 1. The maximum atomic E-state index is 9.15. The molecule has 0 aromatic heterocycles. The van der Waals surface area contributed by atoms with Gasteiger partial charge in [-0.3, -0.25) is 0 Å². The first-order chi connectivity index (χ1) is 9.15. The minimum Gasteiger partial charge on any atom is -0.392 e. The largest absolute Gasteiger partial charge is 0.392 e. The normalized spacial score (nSPS) is 10.0. The van der Waals surface area contributed by atoms with E-state index in [1.165, 1.54) is 0 Å². The van der Waals surface area contributed by atoms with E-state index >= 15 is 0 Å². The average Bonchev–Trinajstić information content (AvgIpc) is 2.46. The highest BCUT2D eigenvalue weighted by Gasteiger charge is 2.06. The predicted molar refractivity (Wildman–Crippen MR) is 79.3 cm³/mol. The third kappa shape index (κ3) is 2.95. The third-order valence-corrected chi connectivity index (χ3v) is 3.72. The molecule has 0 fully saturated rings. The molecule has 0 atom stereocenters. The molecule has 0 radical (unpaired) electrons. The lowest BCUT2D eigenvalue weighted by molar-refractivity contribution is 0.281. The molecule has 1 N–H and O–H groups in total. The summed E-state index contributed by atoms with van der Waals surface area (Å²) in [4.78, 5) is 2.02. The van der Waals surface area contributed by atoms with E-state index in [-0.39, 0.29) is 6.61 Å². The summed E-state index contributed by atoms with van der Waals surface area (Å²) in [6, 6.07) is 15.3. The van der Waals surface area contributed by atoms with Crippen LogP contribution in [0.3, 0.4) is 0 Å². The molecule has 0 amide bonds. The quantitative estimate of drug-likeness (QED) is 0.941. The molecule has 0 aliphatic heterocycles. The Hall–Kier alpha value is -1.83. The topological polar surface area (TPSA) is 47.3 Å². The van der Waals surface area contributed by atoms with Crippen molar-refractivity contribution in [2.45, 2.75) is 6.61 Å². The highest BCUT2D eigenvalue weighted by atomic mass is 79.9. The third-order valence-electron chi connectivity index (χ3n) is 2.98. The highest BCUT2D eigenvalue weighted by Crippen LogP contribution is 2.28. The molecule has 0 heterocycles. The van der Waals surface area contributed by atoms with Crippen LogP contribution in [-0.2, 0) is 6.61 Å². The summed E-state index contributed by atoms with van der Waals surface area (Å²) < 4.78 is 0.882. The van der Waals surface area contributed by atoms with E-state index in [4.69, 9.17) is 10.4 Å². The van der Waals surface area contributed by atoms with Crippen LogP contribution in [-0.4, -0.2) is 12.2 Å². The second kappa shape index (κ2) is 5.87. The Bertz CT molecular complexity index is 617. The summed E-state index contributed by atoms with van der Waals surface area (Å²) in [6.45, 7) is 0.0153. The molecule has 0 aliphatic rings. The first kappa shape index (κ1) is 13.6. The van der Waals surface area contributed by atoms with Crippen LogP contribution in [0, 0.1) is 11.3 Å². The number of benzene rings is 2. The lowest BCUT2D eigenvalue weighted by Gasteiger charge is -2.20. The molecule has 3 nitrogen and oxygen atoms in total. The Kier molecular flexibility index (Phi) is 4.20. The maximum absolute atomic E-state index is 9.15. The number of rotatable bonds is 3. The molecule has 0 bridgehead atoms. The van der Waals surface area contributed by atoms with Gasteiger partial charge in [-0.1, -0.05) is 22.0 Å². The molecule has 2 rings (SSSR count). The van der Waals surface area contributed by atoms with E-state index in [0.29, 0.717) is 5.56 Å². The zero-order chi connectivity index (χ0) is 13.8. The second-order valence-electron chi connectivity index (χ2n) is 4.15. The first-order valence-corrected chi connectivity index (χ1v) is 6.58. The van der Waals surface area contributed by atoms with Crippen LogP contribution < -0.4 is 4.90 Å². The summed E-state index contributed by atoms with van der Waals surface area (Å²) >= 11 is 3.44. The van der Waals surface area contributed by atoms with Gasteiger partial charge in [0.1, 0.15) is 0 Å². The van der Waals surface area contributed by atoms with Crippen molar-refractivity contribution in [3.8, 4) is 6.07 Å². The first-order valence-electron chi connectivity index (χ1n) is 5.79. The van der Waals surface area contributed by atoms with Crippen molar-refractivity contribution in [1.82, 2.24) is 0 Å². The molecule has 0 spiro atoms. The molecule has 4 heteroatoms. The van der Waals surface area contributed by atoms with Crippen LogP contribution in [0.5, 0.6) is 0 Å². The van der Waals surface area contributed by atoms with Crippen LogP contribution in [0.25, 0.3) is 0 Å². The van der Waals surface area contributed by atoms with Crippen LogP contribution in [0.15, 0.2) is 46.9 Å². The van der Waals surface area contributed by atoms with Crippen molar-refractivity contribution >= 4 is 27.3 Å². The number of nitrogens with zero attached hydrogens (tertiary/aromatic N) is 2. The summed E-state index contributed by atoms with van der Waals surface area (Å²) in [5, 5.41) is 17.9. The highest BCUT2D eigenvalue weighted by molar-refractivity contribution is 9.10. The van der Waals surface area contributed by atoms with E-state index in [9.17, 15) is 0 Å². The SMILES string of the molecule is CN(c1ccc(C#N)cc1)c1ccc(CO)c(Br)c1. The number of aliphatic hydroxyl groups is 1. The van der Waals surface area contributed by atoms with Crippen LogP contribution in [0.2, 0.25) is 0 Å². The smallest absolute Gasteiger partial charge is 0.0991 e. The number of hydrogen-bond acceptors (Lipinski definition) is 3. The van der Waals surface area contributed by atoms with Crippen LogP contribution >= 0.6 is 15.9 Å². The van der Waals surface area contributed by atoms with Gasteiger partial charge in [0.15, 0.2) is 0 Å². The lowest BCUT2D eigenvalue weighted by atomic mass is 10.1. The Labute approximate surface area is 120 Å². The van der Waals surface area contributed by atoms with E-state index in [2.05, 4.69) is 22.0 Å². The van der Waals surface area contributed by atoms with Gasteiger partial charge in [0.05, 0.1) is 18.2 Å². The van der Waals surface area contributed by atoms with Gasteiger partial charge in [0.2, 0.25) is 0 Å². The molecule has 19 heavy (non-hydrogen) atoms. The summed E-state index contributed by atoms with van der Waals surface area (Å²) in [5.41, 5.74) is 3.52. The minimum absolute atomic E-state index is 0.0153. The number of anilines is 2. The maximum Gasteiger partial charge on any atom is 0.0991 e. The fourth-order valence-electron chi connectivity index (χ4n) is 1.78. The van der Waals surface area contributed by atoms with Gasteiger partial charge in [0.25, 0.3) is 0 Å². The van der Waals surface area contributed by atoms with Crippen LogP contribution in [0.4, 0.5) is 11.4 Å². The van der Waals surface area contributed by atoms with E-state index in [1.807, 2.05) is 42.3 Å². The van der Waals surface area contributed by atoms with E-state index in [0.717, 1.165) is 21.4 Å². The van der Waals surface area contributed by atoms with Gasteiger partial charge in [-0.05, 0) is 42.0 Å². The van der Waals surface area contributed by atoms with E-state index < -0.39 is 0 Å². The number of halogens is 1. The number of hydrogen-bond donors (Lipinski definition) is 1. The van der Waals surface area contributed by atoms with Crippen molar-refractivity contribution in [3.05, 3.63) is 58.1 Å². The Morgan fingerprint density at radius 3 is 2.32 bits per heavy atom. The van der Waals surface area contributed by atoms with Crippen LogP contribution in [0.1, 0.15) is 11.1 Å². The monoisotopic (exact) mass is 316 g/mol. The van der Waals surface area contributed by atoms with Crippen molar-refractivity contribution in [3.63, 3.8) is 0 Å². The van der Waals surface area contributed by atoms with Gasteiger partial charge in [-0.15, -0.1) is 0 Å². The fourth-order valence-corrected chi connectivity index (χ4v) is 2.27. The molecule has 2 aromatic carbocycles. The molecular weight excluding hydrogens is 304 g/mol. The van der Waals surface area contributed by atoms with Gasteiger partial charge in [0, 0.05) is 22.9 Å². The van der Waals surface area contributed by atoms with Crippen molar-refractivity contribution in [1.29, 1.82) is 5.26 Å². The van der Waals surface area contributed by atoms with Crippen molar-refractivity contribution in [2.75, 3.05) is 11.9 Å². The average molecular weight is 317 g/mol. The number of aliphatic hydroxyl groups excluding tert-OH is 1. The predicted octanol–water partition coefficient (Wildman–Crippen LogP) is 3.58. The summed E-state index contributed by atoms with van der Waals surface area (Å²) in [7, 11) is 1.96. The molecular formula is C15H13BrN2O. The molecule has 2 aromatic rings. The Balaban J connectivity index is 2.30. The molecule has 0 saturated carbocycles. The molecule has 0 aliphatic carbocycles. The van der Waals surface area contributed by atoms with Crippen molar-refractivity contribution in [2.24, 2.45) is 0 Å². The zero-order valence-electron chi connectivity index (χ0n) is 10.5. The van der Waals surface area contributed by atoms with Crippen molar-refractivity contribution < 1.29 is 5.11 Å². The fraction of sp³-hybridized carbons (Fsp3) is 0.133. The van der Waals surface area contributed by atoms with Gasteiger partial charge in [-0.25, -0.2) is 0 Å². The van der Waals surface area contributed by atoms with E-state index in [1.54, 1.807) is 12.1 Å².